The van der Waals surface area contributed by atoms with Crippen LogP contribution in [0.5, 0.6) is 5.75 Å². The van der Waals surface area contributed by atoms with Crippen LogP contribution in [0.3, 0.4) is 0 Å². The zero-order valence-electron chi connectivity index (χ0n) is 19.6. The molecule has 1 aromatic carbocycles. The van der Waals surface area contributed by atoms with Gasteiger partial charge >= 0.3 is 0 Å². The number of imidazole rings is 1. The van der Waals surface area contributed by atoms with Crippen LogP contribution < -0.4 is 15.1 Å². The van der Waals surface area contributed by atoms with Crippen LogP contribution in [-0.2, 0) is 6.42 Å². The van der Waals surface area contributed by atoms with Gasteiger partial charge in [-0.3, -0.25) is 0 Å². The number of anilines is 3. The van der Waals surface area contributed by atoms with Crippen LogP contribution in [0.15, 0.2) is 55.0 Å². The molecule has 9 nitrogen and oxygen atoms in total. The molecule has 176 valence electrons. The molecule has 4 heterocycles. The smallest absolute Gasteiger partial charge is 0.229 e. The van der Waals surface area contributed by atoms with Gasteiger partial charge < -0.3 is 24.8 Å². The number of piperazine rings is 1. The summed E-state index contributed by atoms with van der Waals surface area (Å²) in [6.07, 6.45) is 4.49. The van der Waals surface area contributed by atoms with E-state index in [9.17, 15) is 5.11 Å². The molecule has 1 fully saturated rings. The molecule has 4 aromatic rings. The molecule has 0 atom stereocenters. The van der Waals surface area contributed by atoms with Gasteiger partial charge in [0.05, 0.1) is 6.33 Å². The van der Waals surface area contributed by atoms with Crippen molar-refractivity contribution in [2.45, 2.75) is 26.3 Å². The normalized spacial score (nSPS) is 14.2. The van der Waals surface area contributed by atoms with Gasteiger partial charge in [-0.05, 0) is 50.1 Å². The van der Waals surface area contributed by atoms with Crippen molar-refractivity contribution in [1.82, 2.24) is 24.5 Å². The number of phenolic OH excluding ortho intramolecular Hbond substituents is 1. The van der Waals surface area contributed by atoms with E-state index < -0.39 is 0 Å². The molecule has 1 aliphatic rings. The van der Waals surface area contributed by atoms with Crippen molar-refractivity contribution in [3.8, 4) is 5.75 Å². The molecule has 5 rings (SSSR count). The topological polar surface area (TPSA) is 95.2 Å². The predicted octanol–water partition coefficient (Wildman–Crippen LogP) is 3.49. The molecule has 0 spiro atoms. The number of hydrogen-bond donors (Lipinski definition) is 2. The lowest BCUT2D eigenvalue weighted by Gasteiger charge is -2.35. The summed E-state index contributed by atoms with van der Waals surface area (Å²) in [6, 6.07) is 13.6. The first kappa shape index (κ1) is 21.9. The fraction of sp³-hybridized carbons (Fsp3) is 0.360. The Balaban J connectivity index is 1.36. The highest BCUT2D eigenvalue weighted by molar-refractivity contribution is 5.84. The molecule has 9 heteroatoms. The summed E-state index contributed by atoms with van der Waals surface area (Å²) < 4.78 is 2.09. The van der Waals surface area contributed by atoms with Crippen LogP contribution in [0.4, 0.5) is 17.6 Å². The molecule has 1 aliphatic heterocycles. The zero-order chi connectivity index (χ0) is 23.5. The summed E-state index contributed by atoms with van der Waals surface area (Å²) in [7, 11) is 0. The van der Waals surface area contributed by atoms with Crippen LogP contribution in [0.1, 0.15) is 25.5 Å². The number of phenols is 1. The lowest BCUT2D eigenvalue weighted by Crippen LogP contribution is -2.47. The van der Waals surface area contributed by atoms with E-state index >= 15 is 0 Å². The van der Waals surface area contributed by atoms with E-state index in [4.69, 9.17) is 9.97 Å². The van der Waals surface area contributed by atoms with E-state index in [-0.39, 0.29) is 11.8 Å². The van der Waals surface area contributed by atoms with Crippen molar-refractivity contribution in [3.05, 3.63) is 60.6 Å². The Labute approximate surface area is 199 Å². The Bertz CT molecular complexity index is 1230. The first-order chi connectivity index (χ1) is 16.6. The number of rotatable bonds is 7. The Morgan fingerprint density at radius 3 is 2.41 bits per heavy atom. The number of pyridine rings is 1. The summed E-state index contributed by atoms with van der Waals surface area (Å²) in [5.74, 6) is 2.77. The highest BCUT2D eigenvalue weighted by Gasteiger charge is 2.23. The second kappa shape index (κ2) is 9.54. The lowest BCUT2D eigenvalue weighted by atomic mass is 10.1. The van der Waals surface area contributed by atoms with E-state index in [2.05, 4.69) is 49.6 Å². The molecule has 0 unspecified atom stereocenters. The first-order valence-electron chi connectivity index (χ1n) is 11.8. The minimum absolute atomic E-state index is 0.249. The molecule has 0 bridgehead atoms. The maximum Gasteiger partial charge on any atom is 0.229 e. The Morgan fingerprint density at radius 1 is 0.941 bits per heavy atom. The molecular formula is C25H30N8O. The summed E-state index contributed by atoms with van der Waals surface area (Å²) in [5, 5.41) is 13.0. The second-order valence-corrected chi connectivity index (χ2v) is 8.80. The number of nitrogens with zero attached hydrogens (tertiary/aromatic N) is 7. The van der Waals surface area contributed by atoms with Crippen LogP contribution in [0.25, 0.3) is 11.2 Å². The number of nitrogens with one attached hydrogen (secondary N) is 1. The third kappa shape index (κ3) is 4.59. The van der Waals surface area contributed by atoms with Crippen molar-refractivity contribution < 1.29 is 5.11 Å². The van der Waals surface area contributed by atoms with Crippen molar-refractivity contribution in [2.24, 2.45) is 0 Å². The third-order valence-corrected chi connectivity index (χ3v) is 6.14. The van der Waals surface area contributed by atoms with E-state index in [1.807, 2.05) is 36.8 Å². The van der Waals surface area contributed by atoms with Gasteiger partial charge in [0.15, 0.2) is 17.0 Å². The van der Waals surface area contributed by atoms with Crippen molar-refractivity contribution in [1.29, 1.82) is 0 Å². The van der Waals surface area contributed by atoms with Gasteiger partial charge in [-0.25, -0.2) is 9.97 Å². The average Bonchev–Trinajstić information content (AvgIpc) is 3.30. The van der Waals surface area contributed by atoms with Gasteiger partial charge in [0.2, 0.25) is 5.95 Å². The summed E-state index contributed by atoms with van der Waals surface area (Å²) in [4.78, 5) is 23.5. The molecule has 0 aliphatic carbocycles. The lowest BCUT2D eigenvalue weighted by molar-refractivity contribution is 0.475. The maximum absolute atomic E-state index is 9.51. The predicted molar refractivity (Wildman–Crippen MR) is 135 cm³/mol. The first-order valence-corrected chi connectivity index (χ1v) is 11.8. The fourth-order valence-electron chi connectivity index (χ4n) is 4.21. The standard InChI is InChI=1S/C25H30N8O/c1-18(2)33-17-28-22-23(27-12-10-19-6-8-20(34)9-7-19)29-25(30-24(22)33)32-15-13-31(14-16-32)21-5-3-4-11-26-21/h3-9,11,17-18,34H,10,12-16H2,1-2H3,(H,27,29,30). The SMILES string of the molecule is CC(C)n1cnc2c(NCCc3ccc(O)cc3)nc(N3CCN(c4ccccn4)CC3)nc21. The van der Waals surface area contributed by atoms with Gasteiger partial charge in [0.1, 0.15) is 11.6 Å². The average molecular weight is 459 g/mol. The molecule has 3 aromatic heterocycles. The molecule has 0 saturated carbocycles. The van der Waals surface area contributed by atoms with Crippen LogP contribution in [0.2, 0.25) is 0 Å². The fourth-order valence-corrected chi connectivity index (χ4v) is 4.21. The van der Waals surface area contributed by atoms with Crippen LogP contribution in [-0.4, -0.2) is 62.3 Å². The molecular weight excluding hydrogens is 428 g/mol. The van der Waals surface area contributed by atoms with Gasteiger partial charge in [0, 0.05) is 45.0 Å². The van der Waals surface area contributed by atoms with E-state index in [1.165, 1.54) is 0 Å². The van der Waals surface area contributed by atoms with E-state index in [1.54, 1.807) is 12.1 Å². The Hall–Kier alpha value is -3.88. The molecule has 1 saturated heterocycles. The minimum atomic E-state index is 0.249. The summed E-state index contributed by atoms with van der Waals surface area (Å²) in [5.41, 5.74) is 2.78. The number of aromatic hydroxyl groups is 1. The molecule has 0 amide bonds. The number of hydrogen-bond acceptors (Lipinski definition) is 8. The second-order valence-electron chi connectivity index (χ2n) is 8.80. The van der Waals surface area contributed by atoms with Gasteiger partial charge in [-0.2, -0.15) is 9.97 Å². The number of benzene rings is 1. The Kier molecular flexibility index (Phi) is 6.16. The van der Waals surface area contributed by atoms with E-state index in [0.29, 0.717) is 6.54 Å². The van der Waals surface area contributed by atoms with Crippen molar-refractivity contribution >= 4 is 28.7 Å². The maximum atomic E-state index is 9.51. The van der Waals surface area contributed by atoms with Crippen LogP contribution in [0, 0.1) is 0 Å². The number of aromatic nitrogens is 5. The Morgan fingerprint density at radius 2 is 1.71 bits per heavy atom. The van der Waals surface area contributed by atoms with Crippen molar-refractivity contribution in [2.75, 3.05) is 47.8 Å². The quantitative estimate of drug-likeness (QED) is 0.435. The highest BCUT2D eigenvalue weighted by Crippen LogP contribution is 2.26. The molecule has 0 radical (unpaired) electrons. The number of fused-ring (bicyclic) bond motifs is 1. The third-order valence-electron chi connectivity index (χ3n) is 6.14. The molecule has 2 N–H and O–H groups in total. The molecule has 34 heavy (non-hydrogen) atoms. The van der Waals surface area contributed by atoms with Gasteiger partial charge in [-0.15, -0.1) is 0 Å². The summed E-state index contributed by atoms with van der Waals surface area (Å²) in [6.45, 7) is 8.35. The zero-order valence-corrected chi connectivity index (χ0v) is 19.6. The van der Waals surface area contributed by atoms with Crippen molar-refractivity contribution in [3.63, 3.8) is 0 Å². The monoisotopic (exact) mass is 458 g/mol. The van der Waals surface area contributed by atoms with Gasteiger partial charge in [0.25, 0.3) is 0 Å². The highest BCUT2D eigenvalue weighted by atomic mass is 16.3. The van der Waals surface area contributed by atoms with E-state index in [0.717, 1.165) is 66.9 Å². The van der Waals surface area contributed by atoms with Gasteiger partial charge in [-0.1, -0.05) is 18.2 Å². The largest absolute Gasteiger partial charge is 0.508 e. The van der Waals surface area contributed by atoms with Crippen LogP contribution >= 0.6 is 0 Å². The minimum Gasteiger partial charge on any atom is -0.508 e. The summed E-state index contributed by atoms with van der Waals surface area (Å²) >= 11 is 0.